The van der Waals surface area contributed by atoms with Gasteiger partial charge in [0.05, 0.1) is 6.61 Å². The number of esters is 1. The Morgan fingerprint density at radius 3 is 1.18 bits per heavy atom. The summed E-state index contributed by atoms with van der Waals surface area (Å²) in [7, 11) is 0. The second-order valence-electron chi connectivity index (χ2n) is 10.5. The van der Waals surface area contributed by atoms with Crippen LogP contribution in [0, 0.1) is 0 Å². The van der Waals surface area contributed by atoms with E-state index < -0.39 is 0 Å². The summed E-state index contributed by atoms with van der Waals surface area (Å²) in [6, 6.07) is 0. The molecular formula is C32H62O2. The van der Waals surface area contributed by atoms with E-state index in [1.807, 2.05) is 19.1 Å². The van der Waals surface area contributed by atoms with Crippen LogP contribution in [0.1, 0.15) is 181 Å². The first kappa shape index (κ1) is 33.2. The van der Waals surface area contributed by atoms with Crippen molar-refractivity contribution in [1.82, 2.24) is 0 Å². The van der Waals surface area contributed by atoms with Gasteiger partial charge in [0.2, 0.25) is 0 Å². The normalized spacial score (nSPS) is 11.5. The lowest BCUT2D eigenvalue weighted by atomic mass is 10.0. The molecule has 0 aromatic carbocycles. The smallest absolute Gasteiger partial charge is 0.306 e. The number of carbonyl (C=O) groups is 1. The van der Waals surface area contributed by atoms with E-state index in [1.54, 1.807) is 0 Å². The standard InChI is InChI=1S/C32H62O2/c1-3-5-7-8-9-10-11-12-13-14-15-16-17-18-19-20-21-22-23-24-25-26-27-29-31-34-32(33)30-28-6-4-2/h4,6H,3,5,7-31H2,1-2H3/b6-4+. The molecular weight excluding hydrogens is 416 g/mol. The molecule has 202 valence electrons. The van der Waals surface area contributed by atoms with Gasteiger partial charge in [0.15, 0.2) is 0 Å². The molecule has 0 radical (unpaired) electrons. The summed E-state index contributed by atoms with van der Waals surface area (Å²) >= 11 is 0. The fraction of sp³-hybridized carbons (Fsp3) is 0.906. The molecule has 2 heteroatoms. The Kier molecular flexibility index (Phi) is 29.5. The van der Waals surface area contributed by atoms with E-state index in [9.17, 15) is 4.79 Å². The van der Waals surface area contributed by atoms with E-state index in [0.717, 1.165) is 12.8 Å². The van der Waals surface area contributed by atoms with Crippen LogP contribution in [0.25, 0.3) is 0 Å². The molecule has 0 atom stereocenters. The lowest BCUT2D eigenvalue weighted by Crippen LogP contribution is -2.05. The second kappa shape index (κ2) is 30.2. The summed E-state index contributed by atoms with van der Waals surface area (Å²) in [5, 5.41) is 0. The first-order valence-corrected chi connectivity index (χ1v) is 15.6. The third kappa shape index (κ3) is 29.2. The largest absolute Gasteiger partial charge is 0.466 e. The summed E-state index contributed by atoms with van der Waals surface area (Å²) in [6.45, 7) is 4.88. The molecule has 0 spiro atoms. The Morgan fingerprint density at radius 1 is 0.529 bits per heavy atom. The molecule has 0 aromatic rings. The molecule has 0 N–H and O–H groups in total. The molecule has 0 saturated carbocycles. The molecule has 0 aliphatic carbocycles. The molecule has 0 amide bonds. The average Bonchev–Trinajstić information content (AvgIpc) is 2.84. The Morgan fingerprint density at radius 2 is 0.853 bits per heavy atom. The van der Waals surface area contributed by atoms with Crippen LogP contribution in [0.4, 0.5) is 0 Å². The van der Waals surface area contributed by atoms with Crippen LogP contribution in [-0.2, 0) is 9.53 Å². The number of rotatable bonds is 28. The van der Waals surface area contributed by atoms with Crippen LogP contribution < -0.4 is 0 Å². The minimum absolute atomic E-state index is 0.0489. The maximum Gasteiger partial charge on any atom is 0.306 e. The third-order valence-corrected chi connectivity index (χ3v) is 7.01. The zero-order valence-corrected chi connectivity index (χ0v) is 23.6. The third-order valence-electron chi connectivity index (χ3n) is 7.01. The number of hydrogen-bond acceptors (Lipinski definition) is 2. The van der Waals surface area contributed by atoms with Crippen molar-refractivity contribution in [3.05, 3.63) is 12.2 Å². The van der Waals surface area contributed by atoms with Gasteiger partial charge in [0, 0.05) is 6.42 Å². The number of ether oxygens (including phenoxy) is 1. The van der Waals surface area contributed by atoms with E-state index in [2.05, 4.69) is 6.92 Å². The number of allylic oxidation sites excluding steroid dienone is 2. The van der Waals surface area contributed by atoms with E-state index in [0.29, 0.717) is 13.0 Å². The molecule has 0 aliphatic rings. The maximum absolute atomic E-state index is 11.5. The number of hydrogen-bond donors (Lipinski definition) is 0. The SMILES string of the molecule is C/C=C/CCC(=O)OCCCCCCCCCCCCCCCCCCCCCCCCCC. The van der Waals surface area contributed by atoms with E-state index in [4.69, 9.17) is 4.74 Å². The van der Waals surface area contributed by atoms with Crippen LogP contribution in [0.3, 0.4) is 0 Å². The Bertz CT molecular complexity index is 415. The maximum atomic E-state index is 11.5. The Labute approximate surface area is 215 Å². The molecule has 0 aliphatic heterocycles. The van der Waals surface area contributed by atoms with Crippen molar-refractivity contribution in [3.8, 4) is 0 Å². The van der Waals surface area contributed by atoms with Gasteiger partial charge >= 0.3 is 5.97 Å². The van der Waals surface area contributed by atoms with E-state index >= 15 is 0 Å². The fourth-order valence-corrected chi connectivity index (χ4v) is 4.69. The summed E-state index contributed by atoms with van der Waals surface area (Å²) in [6.07, 6.45) is 39.1. The molecule has 2 nitrogen and oxygen atoms in total. The van der Waals surface area contributed by atoms with Crippen LogP contribution in [0.2, 0.25) is 0 Å². The molecule has 0 rings (SSSR count). The first-order valence-electron chi connectivity index (χ1n) is 15.6. The quantitative estimate of drug-likeness (QED) is 0.0634. The highest BCUT2D eigenvalue weighted by Gasteiger charge is 2.00. The molecule has 0 fully saturated rings. The summed E-state index contributed by atoms with van der Waals surface area (Å²) in [5.74, 6) is -0.0489. The lowest BCUT2D eigenvalue weighted by Gasteiger charge is -2.05. The average molecular weight is 479 g/mol. The highest BCUT2D eigenvalue weighted by Crippen LogP contribution is 2.15. The van der Waals surface area contributed by atoms with Crippen LogP contribution in [-0.4, -0.2) is 12.6 Å². The van der Waals surface area contributed by atoms with Gasteiger partial charge in [-0.05, 0) is 19.8 Å². The van der Waals surface area contributed by atoms with Crippen LogP contribution in [0.15, 0.2) is 12.2 Å². The van der Waals surface area contributed by atoms with Gasteiger partial charge in [-0.3, -0.25) is 4.79 Å². The van der Waals surface area contributed by atoms with Gasteiger partial charge < -0.3 is 4.74 Å². The molecule has 0 bridgehead atoms. The second-order valence-corrected chi connectivity index (χ2v) is 10.5. The number of unbranched alkanes of at least 4 members (excludes halogenated alkanes) is 23. The van der Waals surface area contributed by atoms with Crippen molar-refractivity contribution < 1.29 is 9.53 Å². The highest BCUT2D eigenvalue weighted by atomic mass is 16.5. The van der Waals surface area contributed by atoms with Crippen molar-refractivity contribution in [3.63, 3.8) is 0 Å². The van der Waals surface area contributed by atoms with Gasteiger partial charge in [-0.2, -0.15) is 0 Å². The summed E-state index contributed by atoms with van der Waals surface area (Å²) < 4.78 is 5.27. The van der Waals surface area contributed by atoms with Gasteiger partial charge in [0.1, 0.15) is 0 Å². The van der Waals surface area contributed by atoms with E-state index in [1.165, 1.54) is 148 Å². The number of carbonyl (C=O) groups excluding carboxylic acids is 1. The van der Waals surface area contributed by atoms with Gasteiger partial charge in [-0.25, -0.2) is 0 Å². The van der Waals surface area contributed by atoms with Crippen molar-refractivity contribution in [2.45, 2.75) is 181 Å². The topological polar surface area (TPSA) is 26.3 Å². The zero-order chi connectivity index (χ0) is 24.8. The van der Waals surface area contributed by atoms with Gasteiger partial charge in [-0.15, -0.1) is 0 Å². The molecule has 34 heavy (non-hydrogen) atoms. The van der Waals surface area contributed by atoms with Gasteiger partial charge in [0.25, 0.3) is 0 Å². The van der Waals surface area contributed by atoms with E-state index in [-0.39, 0.29) is 5.97 Å². The Balaban J connectivity index is 3.07. The van der Waals surface area contributed by atoms with Crippen molar-refractivity contribution >= 4 is 5.97 Å². The monoisotopic (exact) mass is 478 g/mol. The van der Waals surface area contributed by atoms with Crippen molar-refractivity contribution in [1.29, 1.82) is 0 Å². The predicted octanol–water partition coefficient (Wildman–Crippen LogP) is 11.3. The summed E-state index contributed by atoms with van der Waals surface area (Å²) in [5.41, 5.74) is 0. The van der Waals surface area contributed by atoms with Crippen LogP contribution in [0.5, 0.6) is 0 Å². The van der Waals surface area contributed by atoms with Crippen molar-refractivity contribution in [2.75, 3.05) is 6.61 Å². The van der Waals surface area contributed by atoms with Gasteiger partial charge in [-0.1, -0.05) is 167 Å². The highest BCUT2D eigenvalue weighted by molar-refractivity contribution is 5.69. The van der Waals surface area contributed by atoms with Crippen molar-refractivity contribution in [2.24, 2.45) is 0 Å². The molecule has 0 aromatic heterocycles. The minimum atomic E-state index is -0.0489. The minimum Gasteiger partial charge on any atom is -0.466 e. The zero-order valence-electron chi connectivity index (χ0n) is 23.6. The lowest BCUT2D eigenvalue weighted by molar-refractivity contribution is -0.143. The van der Waals surface area contributed by atoms with Crippen LogP contribution >= 0.6 is 0 Å². The predicted molar refractivity (Wildman–Crippen MR) is 151 cm³/mol. The molecule has 0 unspecified atom stereocenters. The first-order chi connectivity index (χ1) is 16.8. The molecule has 0 saturated heterocycles. The fourth-order valence-electron chi connectivity index (χ4n) is 4.69. The molecule has 0 heterocycles. The Hall–Kier alpha value is -0.790. The summed E-state index contributed by atoms with van der Waals surface area (Å²) in [4.78, 5) is 11.5.